The van der Waals surface area contributed by atoms with Crippen LogP contribution in [0.15, 0.2) is 42.5 Å². The lowest BCUT2D eigenvalue weighted by atomic mass is 10.0. The van der Waals surface area contributed by atoms with Crippen molar-refractivity contribution in [2.24, 2.45) is 0 Å². The summed E-state index contributed by atoms with van der Waals surface area (Å²) in [6.45, 7) is 4.95. The van der Waals surface area contributed by atoms with Gasteiger partial charge in [-0.3, -0.25) is 0 Å². The Morgan fingerprint density at radius 3 is 2.39 bits per heavy atom. The van der Waals surface area contributed by atoms with E-state index in [0.29, 0.717) is 10.8 Å². The molecule has 8 heteroatoms. The molecule has 0 fully saturated rings. The summed E-state index contributed by atoms with van der Waals surface area (Å²) in [4.78, 5) is 23.5. The summed E-state index contributed by atoms with van der Waals surface area (Å²) < 4.78 is 25.2. The fourth-order valence-corrected chi connectivity index (χ4v) is 2.44. The summed E-state index contributed by atoms with van der Waals surface area (Å²) in [6.07, 6.45) is -1.24. The third-order valence-electron chi connectivity index (χ3n) is 3.51. The number of rotatable bonds is 6. The van der Waals surface area contributed by atoms with Crippen molar-refractivity contribution < 1.29 is 28.6 Å². The highest BCUT2D eigenvalue weighted by atomic mass is 35.5. The highest BCUT2D eigenvalue weighted by Gasteiger charge is 2.26. The van der Waals surface area contributed by atoms with E-state index < -0.39 is 29.5 Å². The van der Waals surface area contributed by atoms with Gasteiger partial charge in [0.05, 0.1) is 0 Å². The molecule has 0 bridgehead atoms. The van der Waals surface area contributed by atoms with Crippen molar-refractivity contribution in [3.8, 4) is 11.5 Å². The molecule has 2 N–H and O–H groups in total. The minimum absolute atomic E-state index is 0.0147. The van der Waals surface area contributed by atoms with E-state index in [1.165, 1.54) is 18.2 Å². The SMILES string of the molecule is CC(C)(C)OC(=O)NC(Cc1c(F)cccc1Oc1ccc(Cl)cc1)C(=O)O. The number of hydrogen-bond acceptors (Lipinski definition) is 4. The number of nitrogens with one attached hydrogen (secondary N) is 1. The Balaban J connectivity index is 2.23. The molecule has 2 aromatic rings. The number of alkyl carbamates (subject to hydrolysis) is 1. The van der Waals surface area contributed by atoms with Gasteiger partial charge in [-0.05, 0) is 57.2 Å². The first kappa shape index (κ1) is 21.5. The van der Waals surface area contributed by atoms with Crippen LogP contribution < -0.4 is 10.1 Å². The van der Waals surface area contributed by atoms with Crippen LogP contribution in [0.4, 0.5) is 9.18 Å². The van der Waals surface area contributed by atoms with Crippen molar-refractivity contribution in [2.45, 2.75) is 38.8 Å². The molecule has 150 valence electrons. The van der Waals surface area contributed by atoms with E-state index in [4.69, 9.17) is 21.1 Å². The zero-order valence-electron chi connectivity index (χ0n) is 15.7. The molecule has 1 unspecified atom stereocenters. The number of ether oxygens (including phenoxy) is 2. The Labute approximate surface area is 167 Å². The standard InChI is InChI=1S/C20H21ClFNO5/c1-20(2,3)28-19(26)23-16(18(24)25)11-14-15(22)5-4-6-17(14)27-13-9-7-12(21)8-10-13/h4-10,16H,11H2,1-3H3,(H,23,26)(H,24,25). The van der Waals surface area contributed by atoms with E-state index >= 15 is 0 Å². The van der Waals surface area contributed by atoms with Gasteiger partial charge in [0.1, 0.15) is 29.0 Å². The van der Waals surface area contributed by atoms with E-state index in [9.17, 15) is 19.1 Å². The number of carboxylic acids is 1. The van der Waals surface area contributed by atoms with Gasteiger partial charge in [-0.25, -0.2) is 14.0 Å². The Kier molecular flexibility index (Phi) is 6.85. The zero-order chi connectivity index (χ0) is 20.9. The van der Waals surface area contributed by atoms with Crippen LogP contribution in [-0.4, -0.2) is 28.8 Å². The second-order valence-corrected chi connectivity index (χ2v) is 7.45. The van der Waals surface area contributed by atoms with Gasteiger partial charge in [0, 0.05) is 17.0 Å². The molecule has 0 aliphatic heterocycles. The van der Waals surface area contributed by atoms with Crippen molar-refractivity contribution >= 4 is 23.7 Å². The lowest BCUT2D eigenvalue weighted by Crippen LogP contribution is -2.44. The van der Waals surface area contributed by atoms with Gasteiger partial charge in [-0.2, -0.15) is 0 Å². The van der Waals surface area contributed by atoms with Gasteiger partial charge in [-0.1, -0.05) is 17.7 Å². The summed E-state index contributed by atoms with van der Waals surface area (Å²) in [5, 5.41) is 12.2. The summed E-state index contributed by atoms with van der Waals surface area (Å²) in [7, 11) is 0. The van der Waals surface area contributed by atoms with Gasteiger partial charge in [0.25, 0.3) is 0 Å². The van der Waals surface area contributed by atoms with Crippen LogP contribution in [-0.2, 0) is 16.0 Å². The quantitative estimate of drug-likeness (QED) is 0.716. The van der Waals surface area contributed by atoms with Crippen LogP contribution in [0.2, 0.25) is 5.02 Å². The van der Waals surface area contributed by atoms with Crippen LogP contribution in [0.5, 0.6) is 11.5 Å². The molecule has 1 atom stereocenters. The predicted molar refractivity (Wildman–Crippen MR) is 102 cm³/mol. The van der Waals surface area contributed by atoms with E-state index in [2.05, 4.69) is 5.32 Å². The molecule has 0 spiro atoms. The van der Waals surface area contributed by atoms with Crippen molar-refractivity contribution in [1.82, 2.24) is 5.32 Å². The maximum atomic E-state index is 14.4. The van der Waals surface area contributed by atoms with E-state index in [1.54, 1.807) is 45.0 Å². The predicted octanol–water partition coefficient (Wildman–Crippen LogP) is 4.79. The first-order valence-electron chi connectivity index (χ1n) is 8.48. The Bertz CT molecular complexity index is 849. The Hall–Kier alpha value is -2.80. The van der Waals surface area contributed by atoms with Crippen LogP contribution in [0.3, 0.4) is 0 Å². The van der Waals surface area contributed by atoms with E-state index in [-0.39, 0.29) is 17.7 Å². The topological polar surface area (TPSA) is 84.9 Å². The van der Waals surface area contributed by atoms with Crippen LogP contribution in [0, 0.1) is 5.82 Å². The maximum Gasteiger partial charge on any atom is 0.408 e. The van der Waals surface area contributed by atoms with Gasteiger partial charge in [0.15, 0.2) is 0 Å². The third-order valence-corrected chi connectivity index (χ3v) is 3.77. The van der Waals surface area contributed by atoms with Crippen LogP contribution in [0.1, 0.15) is 26.3 Å². The maximum absolute atomic E-state index is 14.4. The third kappa shape index (κ3) is 6.42. The molecule has 2 aromatic carbocycles. The lowest BCUT2D eigenvalue weighted by Gasteiger charge is -2.22. The molecule has 0 saturated carbocycles. The first-order valence-corrected chi connectivity index (χ1v) is 8.86. The van der Waals surface area contributed by atoms with Crippen LogP contribution >= 0.6 is 11.6 Å². The summed E-state index contributed by atoms with van der Waals surface area (Å²) in [5.74, 6) is -1.43. The number of carbonyl (C=O) groups is 2. The van der Waals surface area contributed by atoms with E-state index in [1.807, 2.05) is 0 Å². The average Bonchev–Trinajstić information content (AvgIpc) is 2.57. The Morgan fingerprint density at radius 2 is 1.82 bits per heavy atom. The van der Waals surface area contributed by atoms with Crippen molar-refractivity contribution in [3.05, 3.63) is 58.9 Å². The largest absolute Gasteiger partial charge is 0.480 e. The van der Waals surface area contributed by atoms with Crippen molar-refractivity contribution in [3.63, 3.8) is 0 Å². The van der Waals surface area contributed by atoms with Gasteiger partial charge in [0.2, 0.25) is 0 Å². The van der Waals surface area contributed by atoms with Crippen molar-refractivity contribution in [2.75, 3.05) is 0 Å². The molecule has 0 aliphatic carbocycles. The number of carboxylic acid groups (broad SMARTS) is 1. The zero-order valence-corrected chi connectivity index (χ0v) is 16.4. The number of hydrogen-bond donors (Lipinski definition) is 2. The molecule has 6 nitrogen and oxygen atoms in total. The molecular weight excluding hydrogens is 389 g/mol. The van der Waals surface area contributed by atoms with Gasteiger partial charge < -0.3 is 19.9 Å². The molecule has 0 saturated heterocycles. The van der Waals surface area contributed by atoms with Gasteiger partial charge >= 0.3 is 12.1 Å². The average molecular weight is 410 g/mol. The molecular formula is C20H21ClFNO5. The number of halogens is 2. The van der Waals surface area contributed by atoms with Crippen LogP contribution in [0.25, 0.3) is 0 Å². The lowest BCUT2D eigenvalue weighted by molar-refractivity contribution is -0.139. The highest BCUT2D eigenvalue weighted by molar-refractivity contribution is 6.30. The number of amides is 1. The number of carbonyl (C=O) groups excluding carboxylic acids is 1. The number of aliphatic carboxylic acids is 1. The normalized spacial score (nSPS) is 12.2. The smallest absolute Gasteiger partial charge is 0.408 e. The molecule has 2 rings (SSSR count). The second kappa shape index (κ2) is 8.93. The van der Waals surface area contributed by atoms with E-state index in [0.717, 1.165) is 0 Å². The highest BCUT2D eigenvalue weighted by Crippen LogP contribution is 2.29. The molecule has 0 aliphatic rings. The Morgan fingerprint density at radius 1 is 1.18 bits per heavy atom. The second-order valence-electron chi connectivity index (χ2n) is 7.01. The number of benzene rings is 2. The minimum atomic E-state index is -1.40. The molecule has 0 aromatic heterocycles. The summed E-state index contributed by atoms with van der Waals surface area (Å²) in [6, 6.07) is 9.17. The summed E-state index contributed by atoms with van der Waals surface area (Å²) in [5.41, 5.74) is -0.783. The fraction of sp³-hybridized carbons (Fsp3) is 0.300. The molecule has 0 heterocycles. The first-order chi connectivity index (χ1) is 13.0. The fourth-order valence-electron chi connectivity index (χ4n) is 2.32. The van der Waals surface area contributed by atoms with Gasteiger partial charge in [-0.15, -0.1) is 0 Å². The molecule has 0 radical (unpaired) electrons. The molecule has 1 amide bonds. The monoisotopic (exact) mass is 409 g/mol. The molecule has 28 heavy (non-hydrogen) atoms. The summed E-state index contributed by atoms with van der Waals surface area (Å²) >= 11 is 5.84. The minimum Gasteiger partial charge on any atom is -0.480 e. The van der Waals surface area contributed by atoms with Crippen molar-refractivity contribution in [1.29, 1.82) is 0 Å².